The lowest BCUT2D eigenvalue weighted by Gasteiger charge is -2.11. The molecule has 0 atom stereocenters. The van der Waals surface area contributed by atoms with Crippen LogP contribution in [-0.4, -0.2) is 13.2 Å². The molecular weight excluding hydrogens is 290 g/mol. The van der Waals surface area contributed by atoms with Gasteiger partial charge >= 0.3 is 6.09 Å². The van der Waals surface area contributed by atoms with Crippen molar-refractivity contribution in [1.29, 1.82) is 0 Å². The predicted molar refractivity (Wildman–Crippen MR) is 90.7 cm³/mol. The summed E-state index contributed by atoms with van der Waals surface area (Å²) in [6.07, 6.45) is -0.493. The average Bonchev–Trinajstić information content (AvgIpc) is 2.60. The fourth-order valence-corrected chi connectivity index (χ4v) is 2.37. The molecule has 1 N–H and O–H groups in total. The largest absolute Gasteiger partial charge is 0.497 e. The highest BCUT2D eigenvalue weighted by atomic mass is 16.5. The Bertz CT molecular complexity index is 815. The number of carbonyl (C=O) groups excluding carboxylic acids is 1. The van der Waals surface area contributed by atoms with Crippen molar-refractivity contribution in [2.75, 3.05) is 12.4 Å². The quantitative estimate of drug-likeness (QED) is 0.766. The molecule has 3 rings (SSSR count). The molecule has 3 aromatic rings. The molecule has 0 aromatic heterocycles. The Hall–Kier alpha value is -3.01. The molecule has 23 heavy (non-hydrogen) atoms. The van der Waals surface area contributed by atoms with Gasteiger partial charge in [-0.2, -0.15) is 0 Å². The highest BCUT2D eigenvalue weighted by Crippen LogP contribution is 2.29. The van der Waals surface area contributed by atoms with Gasteiger partial charge in [0, 0.05) is 11.5 Å². The smallest absolute Gasteiger partial charge is 0.411 e. The predicted octanol–water partition coefficient (Wildman–Crippen LogP) is 4.60. The van der Waals surface area contributed by atoms with E-state index in [1.54, 1.807) is 13.2 Å². The summed E-state index contributed by atoms with van der Waals surface area (Å²) in [5, 5.41) is 4.71. The summed E-state index contributed by atoms with van der Waals surface area (Å²) < 4.78 is 10.5. The number of anilines is 1. The van der Waals surface area contributed by atoms with Gasteiger partial charge in [-0.3, -0.25) is 5.32 Å². The number of ether oxygens (including phenoxy) is 2. The van der Waals surface area contributed by atoms with Crippen molar-refractivity contribution in [3.8, 4) is 5.75 Å². The van der Waals surface area contributed by atoms with Crippen LogP contribution in [0.25, 0.3) is 10.8 Å². The van der Waals surface area contributed by atoms with Crippen LogP contribution < -0.4 is 10.1 Å². The maximum Gasteiger partial charge on any atom is 0.411 e. The first-order valence-corrected chi connectivity index (χ1v) is 7.31. The zero-order valence-electron chi connectivity index (χ0n) is 12.8. The fraction of sp³-hybridized carbons (Fsp3) is 0.105. The SMILES string of the molecule is COc1cc(NC(=O)OCc2ccccc2)c2ccccc2c1. The van der Waals surface area contributed by atoms with Gasteiger partial charge in [0.05, 0.1) is 12.8 Å². The highest BCUT2D eigenvalue weighted by molar-refractivity contribution is 6.01. The Kier molecular flexibility index (Phi) is 4.43. The van der Waals surface area contributed by atoms with Crippen LogP contribution in [0, 0.1) is 0 Å². The lowest BCUT2D eigenvalue weighted by molar-refractivity contribution is 0.155. The summed E-state index contributed by atoms with van der Waals surface area (Å²) in [6.45, 7) is 0.231. The van der Waals surface area contributed by atoms with Gasteiger partial charge in [0.2, 0.25) is 0 Å². The molecule has 0 saturated carbocycles. The number of fused-ring (bicyclic) bond motifs is 1. The van der Waals surface area contributed by atoms with E-state index in [2.05, 4.69) is 5.32 Å². The lowest BCUT2D eigenvalue weighted by Crippen LogP contribution is -2.13. The number of methoxy groups -OCH3 is 1. The number of benzene rings is 3. The maximum absolute atomic E-state index is 12.1. The van der Waals surface area contributed by atoms with E-state index in [0.717, 1.165) is 16.3 Å². The molecule has 0 bridgehead atoms. The van der Waals surface area contributed by atoms with Crippen LogP contribution in [0.1, 0.15) is 5.56 Å². The minimum atomic E-state index is -0.493. The highest BCUT2D eigenvalue weighted by Gasteiger charge is 2.09. The number of amides is 1. The van der Waals surface area contributed by atoms with Crippen molar-refractivity contribution in [3.05, 3.63) is 72.3 Å². The van der Waals surface area contributed by atoms with Crippen LogP contribution in [0.2, 0.25) is 0 Å². The summed E-state index contributed by atoms with van der Waals surface area (Å²) >= 11 is 0. The third-order valence-corrected chi connectivity index (χ3v) is 3.52. The minimum absolute atomic E-state index is 0.231. The van der Waals surface area contributed by atoms with Gasteiger partial charge in [0.25, 0.3) is 0 Å². The van der Waals surface area contributed by atoms with E-state index in [1.807, 2.05) is 60.7 Å². The Labute approximate surface area is 134 Å². The van der Waals surface area contributed by atoms with Gasteiger partial charge in [-0.05, 0) is 17.0 Å². The second-order valence-electron chi connectivity index (χ2n) is 5.08. The number of hydrogen-bond donors (Lipinski definition) is 1. The van der Waals surface area contributed by atoms with Gasteiger partial charge in [0.1, 0.15) is 12.4 Å². The molecule has 0 heterocycles. The minimum Gasteiger partial charge on any atom is -0.497 e. The van der Waals surface area contributed by atoms with Crippen LogP contribution in [-0.2, 0) is 11.3 Å². The van der Waals surface area contributed by atoms with Crippen molar-refractivity contribution in [1.82, 2.24) is 0 Å². The van der Waals surface area contributed by atoms with Crippen LogP contribution in [0.4, 0.5) is 10.5 Å². The fourth-order valence-electron chi connectivity index (χ4n) is 2.37. The molecule has 116 valence electrons. The molecule has 0 radical (unpaired) electrons. The van der Waals surface area contributed by atoms with E-state index in [9.17, 15) is 4.79 Å². The second kappa shape index (κ2) is 6.83. The van der Waals surface area contributed by atoms with Gasteiger partial charge in [0.15, 0.2) is 0 Å². The molecule has 0 fully saturated rings. The summed E-state index contributed by atoms with van der Waals surface area (Å²) in [5.41, 5.74) is 1.61. The van der Waals surface area contributed by atoms with E-state index in [0.29, 0.717) is 11.4 Å². The number of carbonyl (C=O) groups is 1. The van der Waals surface area contributed by atoms with Gasteiger partial charge in [-0.15, -0.1) is 0 Å². The molecule has 0 aliphatic heterocycles. The Balaban J connectivity index is 1.76. The van der Waals surface area contributed by atoms with Crippen molar-refractivity contribution in [2.24, 2.45) is 0 Å². The number of hydrogen-bond acceptors (Lipinski definition) is 3. The van der Waals surface area contributed by atoms with Gasteiger partial charge in [-0.25, -0.2) is 4.79 Å². The average molecular weight is 307 g/mol. The van der Waals surface area contributed by atoms with Crippen LogP contribution in [0.3, 0.4) is 0 Å². The zero-order valence-corrected chi connectivity index (χ0v) is 12.8. The normalized spacial score (nSPS) is 10.3. The van der Waals surface area contributed by atoms with Crippen molar-refractivity contribution in [3.63, 3.8) is 0 Å². The monoisotopic (exact) mass is 307 g/mol. The maximum atomic E-state index is 12.1. The van der Waals surface area contributed by atoms with Crippen molar-refractivity contribution >= 4 is 22.6 Å². The zero-order chi connectivity index (χ0) is 16.1. The van der Waals surface area contributed by atoms with Crippen LogP contribution >= 0.6 is 0 Å². The van der Waals surface area contributed by atoms with E-state index in [-0.39, 0.29) is 6.61 Å². The lowest BCUT2D eigenvalue weighted by atomic mass is 10.1. The summed E-state index contributed by atoms with van der Waals surface area (Å²) in [7, 11) is 1.60. The number of rotatable bonds is 4. The first kappa shape index (κ1) is 14.9. The standard InChI is InChI=1S/C19H17NO3/c1-22-16-11-15-9-5-6-10-17(15)18(12-16)20-19(21)23-13-14-7-3-2-4-8-14/h2-12H,13H2,1H3,(H,20,21). The van der Waals surface area contributed by atoms with E-state index < -0.39 is 6.09 Å². The summed E-state index contributed by atoms with van der Waals surface area (Å²) in [4.78, 5) is 12.1. The van der Waals surface area contributed by atoms with E-state index >= 15 is 0 Å². The van der Waals surface area contributed by atoms with Gasteiger partial charge < -0.3 is 9.47 Å². The molecule has 3 aromatic carbocycles. The third kappa shape index (κ3) is 3.61. The first-order chi connectivity index (χ1) is 11.3. The molecular formula is C19H17NO3. The van der Waals surface area contributed by atoms with Crippen molar-refractivity contribution < 1.29 is 14.3 Å². The summed E-state index contributed by atoms with van der Waals surface area (Å²) in [6, 6.07) is 21.1. The number of nitrogens with one attached hydrogen (secondary N) is 1. The Morgan fingerprint density at radius 2 is 1.74 bits per heavy atom. The van der Waals surface area contributed by atoms with Crippen molar-refractivity contribution in [2.45, 2.75) is 6.61 Å². The molecule has 1 amide bonds. The van der Waals surface area contributed by atoms with Gasteiger partial charge in [-0.1, -0.05) is 54.6 Å². The van der Waals surface area contributed by atoms with E-state index in [1.165, 1.54) is 0 Å². The van der Waals surface area contributed by atoms with Crippen LogP contribution in [0.5, 0.6) is 5.75 Å². The third-order valence-electron chi connectivity index (χ3n) is 3.52. The molecule has 0 spiro atoms. The molecule has 0 unspecified atom stereocenters. The molecule has 4 nitrogen and oxygen atoms in total. The first-order valence-electron chi connectivity index (χ1n) is 7.31. The summed E-state index contributed by atoms with van der Waals surface area (Å²) in [5.74, 6) is 0.682. The molecule has 0 aliphatic rings. The molecule has 0 aliphatic carbocycles. The van der Waals surface area contributed by atoms with Crippen LogP contribution in [0.15, 0.2) is 66.7 Å². The Morgan fingerprint density at radius 3 is 2.52 bits per heavy atom. The molecule has 4 heteroatoms. The molecule has 0 saturated heterocycles. The van der Waals surface area contributed by atoms with E-state index in [4.69, 9.17) is 9.47 Å². The second-order valence-corrected chi connectivity index (χ2v) is 5.08. The Morgan fingerprint density at radius 1 is 1.00 bits per heavy atom. The topological polar surface area (TPSA) is 47.6 Å².